The van der Waals surface area contributed by atoms with Crippen LogP contribution < -0.4 is 9.96 Å². The smallest absolute Gasteiger partial charge is 0.266 e. The highest BCUT2D eigenvalue weighted by Gasteiger charge is 2.60. The molecule has 0 saturated carbocycles. The summed E-state index contributed by atoms with van der Waals surface area (Å²) in [5.74, 6) is -1.19. The van der Waals surface area contributed by atoms with Crippen LogP contribution in [0.2, 0.25) is 0 Å². The number of nitrogens with zero attached hydrogens (tertiary/aromatic N) is 3. The van der Waals surface area contributed by atoms with Gasteiger partial charge in [-0.25, -0.2) is 9.96 Å². The Morgan fingerprint density at radius 2 is 1.50 bits per heavy atom. The number of hydrogen-bond acceptors (Lipinski definition) is 5. The van der Waals surface area contributed by atoms with E-state index in [4.69, 9.17) is 4.84 Å². The summed E-state index contributed by atoms with van der Waals surface area (Å²) >= 11 is 0. The molecule has 5 rings (SSSR count). The first-order valence-electron chi connectivity index (χ1n) is 9.93. The average Bonchev–Trinajstić information content (AvgIpc) is 3.27. The van der Waals surface area contributed by atoms with Gasteiger partial charge in [0.15, 0.2) is 6.10 Å². The topological polar surface area (TPSA) is 62.7 Å². The Morgan fingerprint density at radius 3 is 2.17 bits per heavy atom. The summed E-state index contributed by atoms with van der Waals surface area (Å²) < 4.78 is 0. The first-order chi connectivity index (χ1) is 14.6. The molecule has 6 heteroatoms. The zero-order valence-corrected chi connectivity index (χ0v) is 16.7. The lowest BCUT2D eigenvalue weighted by atomic mass is 9.91. The summed E-state index contributed by atoms with van der Waals surface area (Å²) in [6.45, 7) is 3.82. The highest BCUT2D eigenvalue weighted by Crippen LogP contribution is 2.48. The molecule has 2 saturated heterocycles. The first-order valence-corrected chi connectivity index (χ1v) is 9.93. The van der Waals surface area contributed by atoms with Gasteiger partial charge in [0.25, 0.3) is 5.91 Å². The van der Waals surface area contributed by atoms with E-state index in [0.29, 0.717) is 5.69 Å². The summed E-state index contributed by atoms with van der Waals surface area (Å²) in [6, 6.07) is 18.6. The Kier molecular flexibility index (Phi) is 4.37. The van der Waals surface area contributed by atoms with Gasteiger partial charge in [0.2, 0.25) is 5.91 Å². The number of benzene rings is 2. The number of carbonyl (C=O) groups excluding carboxylic acids is 2. The number of para-hydroxylation sites is 2. The number of fused-ring (bicyclic) bond motifs is 1. The molecule has 3 aromatic rings. The normalized spacial score (nSPS) is 23.2. The van der Waals surface area contributed by atoms with Crippen molar-refractivity contribution >= 4 is 23.2 Å². The third-order valence-electron chi connectivity index (χ3n) is 5.84. The molecule has 3 heterocycles. The Balaban J connectivity index is 1.61. The summed E-state index contributed by atoms with van der Waals surface area (Å²) in [4.78, 5) is 38.6. The van der Waals surface area contributed by atoms with E-state index in [-0.39, 0.29) is 11.8 Å². The Hall–Kier alpha value is -3.51. The minimum absolute atomic E-state index is 0.234. The van der Waals surface area contributed by atoms with E-state index < -0.39 is 18.1 Å². The molecule has 2 fully saturated rings. The van der Waals surface area contributed by atoms with Gasteiger partial charge in [-0.15, -0.1) is 0 Å². The molecule has 0 unspecified atom stereocenters. The minimum atomic E-state index is -0.866. The molecule has 2 amide bonds. The Bertz CT molecular complexity index is 1100. The first kappa shape index (κ1) is 18.5. The van der Waals surface area contributed by atoms with Crippen LogP contribution in [-0.4, -0.2) is 22.9 Å². The lowest BCUT2D eigenvalue weighted by molar-refractivity contribution is -0.126. The highest BCUT2D eigenvalue weighted by atomic mass is 16.7. The maximum atomic E-state index is 13.6. The molecule has 0 spiro atoms. The summed E-state index contributed by atoms with van der Waals surface area (Å²) in [6.07, 6.45) is 2.52. The quantitative estimate of drug-likeness (QED) is 0.628. The van der Waals surface area contributed by atoms with Crippen LogP contribution in [0.25, 0.3) is 0 Å². The van der Waals surface area contributed by atoms with Gasteiger partial charge in [-0.05, 0) is 54.8 Å². The van der Waals surface area contributed by atoms with Crippen LogP contribution in [0.4, 0.5) is 11.4 Å². The predicted molar refractivity (Wildman–Crippen MR) is 113 cm³/mol. The summed E-state index contributed by atoms with van der Waals surface area (Å²) in [7, 11) is 0. The second-order valence-electron chi connectivity index (χ2n) is 7.69. The number of anilines is 2. The molecule has 2 aliphatic heterocycles. The SMILES string of the molecule is Cc1cccc(C)c1N1C(=O)[C@@H]2[C@H](ON(c3ccccc3)[C@@H]2c2ccncc2)C1=O. The van der Waals surface area contributed by atoms with Gasteiger partial charge in [0.05, 0.1) is 17.4 Å². The van der Waals surface area contributed by atoms with Crippen molar-refractivity contribution in [2.75, 3.05) is 9.96 Å². The van der Waals surface area contributed by atoms with E-state index in [1.165, 1.54) is 4.90 Å². The standard InChI is InChI=1S/C24H21N3O3/c1-15-7-6-8-16(2)20(15)26-23(28)19-21(17-11-13-25-14-12-17)27(30-22(19)24(26)29)18-9-4-3-5-10-18/h3-14,19,21-22H,1-2H3/t19-,21+,22-/m0/s1. The van der Waals surface area contributed by atoms with Crippen molar-refractivity contribution < 1.29 is 14.4 Å². The molecule has 0 N–H and O–H groups in total. The molecule has 30 heavy (non-hydrogen) atoms. The van der Waals surface area contributed by atoms with Gasteiger partial charge in [-0.1, -0.05) is 36.4 Å². The Morgan fingerprint density at radius 1 is 0.833 bits per heavy atom. The van der Waals surface area contributed by atoms with Crippen LogP contribution in [0, 0.1) is 19.8 Å². The van der Waals surface area contributed by atoms with Gasteiger partial charge >= 0.3 is 0 Å². The van der Waals surface area contributed by atoms with Crippen LogP contribution in [0.5, 0.6) is 0 Å². The van der Waals surface area contributed by atoms with E-state index >= 15 is 0 Å². The lowest BCUT2D eigenvalue weighted by Gasteiger charge is -2.29. The van der Waals surface area contributed by atoms with Crippen molar-refractivity contribution in [2.45, 2.75) is 26.0 Å². The van der Waals surface area contributed by atoms with Crippen molar-refractivity contribution in [3.8, 4) is 0 Å². The predicted octanol–water partition coefficient (Wildman–Crippen LogP) is 3.75. The molecular weight excluding hydrogens is 378 g/mol. The number of carbonyl (C=O) groups is 2. The number of imide groups is 1. The molecule has 150 valence electrons. The lowest BCUT2D eigenvalue weighted by Crippen LogP contribution is -2.38. The fourth-order valence-corrected chi connectivity index (χ4v) is 4.49. The average molecular weight is 399 g/mol. The van der Waals surface area contributed by atoms with Gasteiger partial charge in [-0.2, -0.15) is 0 Å². The highest BCUT2D eigenvalue weighted by molar-refractivity contribution is 6.24. The number of rotatable bonds is 3. The molecule has 0 radical (unpaired) electrons. The van der Waals surface area contributed by atoms with Crippen molar-refractivity contribution in [3.05, 3.63) is 89.7 Å². The number of hydrogen-bond donors (Lipinski definition) is 0. The van der Waals surface area contributed by atoms with Gasteiger partial charge in [0, 0.05) is 12.4 Å². The summed E-state index contributed by atoms with van der Waals surface area (Å²) in [5, 5.41) is 1.70. The zero-order chi connectivity index (χ0) is 20.8. The molecule has 2 aromatic carbocycles. The van der Waals surface area contributed by atoms with Crippen LogP contribution in [0.1, 0.15) is 22.7 Å². The second kappa shape index (κ2) is 7.07. The fourth-order valence-electron chi connectivity index (χ4n) is 4.49. The molecule has 0 bridgehead atoms. The largest absolute Gasteiger partial charge is 0.273 e. The van der Waals surface area contributed by atoms with Crippen LogP contribution in [0.15, 0.2) is 73.1 Å². The molecule has 0 aliphatic carbocycles. The zero-order valence-electron chi connectivity index (χ0n) is 16.7. The monoisotopic (exact) mass is 399 g/mol. The van der Waals surface area contributed by atoms with Crippen LogP contribution in [-0.2, 0) is 14.4 Å². The van der Waals surface area contributed by atoms with Crippen molar-refractivity contribution in [3.63, 3.8) is 0 Å². The van der Waals surface area contributed by atoms with E-state index in [1.54, 1.807) is 17.5 Å². The molecule has 6 nitrogen and oxygen atoms in total. The minimum Gasteiger partial charge on any atom is -0.273 e. The maximum Gasteiger partial charge on any atom is 0.266 e. The number of aryl methyl sites for hydroxylation is 2. The van der Waals surface area contributed by atoms with Crippen molar-refractivity contribution in [1.29, 1.82) is 0 Å². The summed E-state index contributed by atoms with van der Waals surface area (Å²) in [5.41, 5.74) is 4.11. The third-order valence-corrected chi connectivity index (χ3v) is 5.84. The fraction of sp³-hybridized carbons (Fsp3) is 0.208. The van der Waals surface area contributed by atoms with Crippen molar-refractivity contribution in [1.82, 2.24) is 4.98 Å². The number of hydroxylamine groups is 1. The van der Waals surface area contributed by atoms with Crippen molar-refractivity contribution in [2.24, 2.45) is 5.92 Å². The third kappa shape index (κ3) is 2.72. The van der Waals surface area contributed by atoms with Gasteiger partial charge in [-0.3, -0.25) is 19.4 Å². The van der Waals surface area contributed by atoms with Gasteiger partial charge in [0.1, 0.15) is 5.92 Å². The number of pyridine rings is 1. The molecule has 2 aliphatic rings. The van der Waals surface area contributed by atoms with E-state index in [9.17, 15) is 9.59 Å². The van der Waals surface area contributed by atoms with Gasteiger partial charge < -0.3 is 0 Å². The number of amides is 2. The van der Waals surface area contributed by atoms with E-state index in [2.05, 4.69) is 4.98 Å². The molecule has 3 atom stereocenters. The molecule has 1 aromatic heterocycles. The van der Waals surface area contributed by atoms with E-state index in [1.807, 2.05) is 74.5 Å². The number of aromatic nitrogens is 1. The Labute approximate surface area is 174 Å². The van der Waals surface area contributed by atoms with Crippen LogP contribution in [0.3, 0.4) is 0 Å². The van der Waals surface area contributed by atoms with Crippen LogP contribution >= 0.6 is 0 Å². The molecular formula is C24H21N3O3. The second-order valence-corrected chi connectivity index (χ2v) is 7.69. The van der Waals surface area contributed by atoms with E-state index in [0.717, 1.165) is 22.4 Å². The maximum absolute atomic E-state index is 13.6.